The predicted octanol–water partition coefficient (Wildman–Crippen LogP) is 3.54. The van der Waals surface area contributed by atoms with Gasteiger partial charge in [-0.1, -0.05) is 11.6 Å². The van der Waals surface area contributed by atoms with Crippen LogP contribution in [0.1, 0.15) is 52.6 Å². The molecule has 0 saturated carbocycles. The van der Waals surface area contributed by atoms with Crippen molar-refractivity contribution in [2.75, 3.05) is 26.2 Å². The summed E-state index contributed by atoms with van der Waals surface area (Å²) in [7, 11) is 0. The maximum absolute atomic E-state index is 14.7. The molecule has 42 heavy (non-hydrogen) atoms. The Morgan fingerprint density at radius 1 is 1.02 bits per heavy atom. The number of piperazine rings is 1. The van der Waals surface area contributed by atoms with Gasteiger partial charge in [0.25, 0.3) is 5.91 Å². The molecule has 2 N–H and O–H groups in total. The minimum atomic E-state index is -3.20. The molecule has 1 aliphatic carbocycles. The van der Waals surface area contributed by atoms with Crippen LogP contribution in [0.25, 0.3) is 5.69 Å². The molecule has 2 unspecified atom stereocenters. The number of benzene rings is 2. The SMILES string of the molecule is Cc1nn(-c2cc(C(=O)N3CCN(C(=O)CC(N)C4CCc5cc(F)c(F)cc54)CC3)c(Cl)cc2F)c(=O)n1C(F)F. The molecule has 3 aromatic rings. The van der Waals surface area contributed by atoms with Crippen LogP contribution in [-0.4, -0.2) is 68.2 Å². The van der Waals surface area contributed by atoms with Gasteiger partial charge in [0.05, 0.1) is 10.6 Å². The van der Waals surface area contributed by atoms with E-state index in [9.17, 15) is 36.3 Å². The lowest BCUT2D eigenvalue weighted by molar-refractivity contribution is -0.133. The van der Waals surface area contributed by atoms with Crippen molar-refractivity contribution in [3.63, 3.8) is 0 Å². The molecule has 5 rings (SSSR count). The van der Waals surface area contributed by atoms with E-state index in [1.54, 1.807) is 4.90 Å². The molecule has 2 aliphatic rings. The fourth-order valence-electron chi connectivity index (χ4n) is 5.60. The predicted molar refractivity (Wildman–Crippen MR) is 141 cm³/mol. The van der Waals surface area contributed by atoms with Crippen molar-refractivity contribution in [1.29, 1.82) is 0 Å². The minimum Gasteiger partial charge on any atom is -0.339 e. The van der Waals surface area contributed by atoms with Gasteiger partial charge in [-0.3, -0.25) is 9.59 Å². The number of nitrogens with zero attached hydrogens (tertiary/aromatic N) is 5. The number of carbonyl (C=O) groups is 2. The molecule has 224 valence electrons. The van der Waals surface area contributed by atoms with Gasteiger partial charge in [-0.05, 0) is 55.2 Å². The number of rotatable bonds is 6. The Morgan fingerprint density at radius 2 is 1.67 bits per heavy atom. The second kappa shape index (κ2) is 11.5. The van der Waals surface area contributed by atoms with Crippen molar-refractivity contribution >= 4 is 23.4 Å². The third-order valence-corrected chi connectivity index (χ3v) is 8.14. The lowest BCUT2D eigenvalue weighted by Gasteiger charge is -2.35. The van der Waals surface area contributed by atoms with E-state index in [1.165, 1.54) is 11.0 Å². The molecule has 2 atom stereocenters. The second-order valence-electron chi connectivity index (χ2n) is 10.3. The first kappa shape index (κ1) is 29.7. The van der Waals surface area contributed by atoms with Crippen LogP contribution in [0.5, 0.6) is 0 Å². The van der Waals surface area contributed by atoms with Crippen LogP contribution in [0.2, 0.25) is 5.02 Å². The summed E-state index contributed by atoms with van der Waals surface area (Å²) in [5.74, 6) is -4.43. The normalized spacial score (nSPS) is 17.6. The maximum Gasteiger partial charge on any atom is 0.355 e. The van der Waals surface area contributed by atoms with Crippen LogP contribution in [0.4, 0.5) is 22.0 Å². The van der Waals surface area contributed by atoms with Gasteiger partial charge in [-0.15, -0.1) is 5.10 Å². The molecule has 0 spiro atoms. The monoisotopic (exact) mass is 612 g/mol. The number of alkyl halides is 2. The smallest absolute Gasteiger partial charge is 0.339 e. The molecule has 15 heteroatoms. The van der Waals surface area contributed by atoms with Gasteiger partial charge >= 0.3 is 12.2 Å². The topological polar surface area (TPSA) is 106 Å². The number of hydrogen-bond acceptors (Lipinski definition) is 5. The lowest BCUT2D eigenvalue weighted by atomic mass is 9.91. The summed E-state index contributed by atoms with van der Waals surface area (Å²) in [6.07, 6.45) is 1.09. The third kappa shape index (κ3) is 5.40. The highest BCUT2D eigenvalue weighted by atomic mass is 35.5. The Kier molecular flexibility index (Phi) is 8.12. The molecule has 2 heterocycles. The number of fused-ring (bicyclic) bond motifs is 1. The molecular weight excluding hydrogens is 587 g/mol. The zero-order valence-corrected chi connectivity index (χ0v) is 23.1. The first-order valence-corrected chi connectivity index (χ1v) is 13.5. The first-order valence-electron chi connectivity index (χ1n) is 13.1. The second-order valence-corrected chi connectivity index (χ2v) is 10.7. The van der Waals surface area contributed by atoms with E-state index in [-0.39, 0.29) is 65.4 Å². The van der Waals surface area contributed by atoms with E-state index >= 15 is 0 Å². The van der Waals surface area contributed by atoms with Crippen LogP contribution in [0.15, 0.2) is 29.1 Å². The molecule has 1 saturated heterocycles. The third-order valence-electron chi connectivity index (χ3n) is 7.82. The number of halogens is 6. The van der Waals surface area contributed by atoms with Gasteiger partial charge in [0, 0.05) is 44.6 Å². The van der Waals surface area contributed by atoms with Gasteiger partial charge in [0.1, 0.15) is 11.5 Å². The van der Waals surface area contributed by atoms with Gasteiger partial charge in [-0.2, -0.15) is 13.5 Å². The van der Waals surface area contributed by atoms with Gasteiger partial charge in [0.2, 0.25) is 5.91 Å². The summed E-state index contributed by atoms with van der Waals surface area (Å²) in [6, 6.07) is 3.48. The molecule has 2 aromatic carbocycles. The summed E-state index contributed by atoms with van der Waals surface area (Å²) < 4.78 is 69.1. The summed E-state index contributed by atoms with van der Waals surface area (Å²) in [4.78, 5) is 41.6. The largest absolute Gasteiger partial charge is 0.355 e. The number of aromatic nitrogens is 3. The molecule has 2 amide bonds. The highest BCUT2D eigenvalue weighted by Crippen LogP contribution is 2.37. The van der Waals surface area contributed by atoms with Gasteiger partial charge < -0.3 is 15.5 Å². The van der Waals surface area contributed by atoms with Crippen LogP contribution in [0, 0.1) is 24.4 Å². The molecule has 0 radical (unpaired) electrons. The summed E-state index contributed by atoms with van der Waals surface area (Å²) in [6.45, 7) is -1.48. The Morgan fingerprint density at radius 3 is 2.31 bits per heavy atom. The Balaban J connectivity index is 1.25. The van der Waals surface area contributed by atoms with Crippen molar-refractivity contribution < 1.29 is 31.5 Å². The van der Waals surface area contributed by atoms with Crippen molar-refractivity contribution in [1.82, 2.24) is 24.1 Å². The van der Waals surface area contributed by atoms with Gasteiger partial charge in [0.15, 0.2) is 17.5 Å². The van der Waals surface area contributed by atoms with Crippen LogP contribution < -0.4 is 11.4 Å². The summed E-state index contributed by atoms with van der Waals surface area (Å²) >= 11 is 6.14. The van der Waals surface area contributed by atoms with E-state index < -0.39 is 47.3 Å². The lowest BCUT2D eigenvalue weighted by Crippen LogP contribution is -2.51. The number of carbonyl (C=O) groups excluding carboxylic acids is 2. The van der Waals surface area contributed by atoms with Crippen molar-refractivity contribution in [3.05, 3.63) is 79.7 Å². The maximum atomic E-state index is 14.7. The zero-order valence-electron chi connectivity index (χ0n) is 22.3. The van der Waals surface area contributed by atoms with E-state index in [1.807, 2.05) is 0 Å². The average Bonchev–Trinajstić information content (AvgIpc) is 3.47. The molecule has 1 fully saturated rings. The fraction of sp³-hybridized carbons (Fsp3) is 0.407. The van der Waals surface area contributed by atoms with Crippen LogP contribution >= 0.6 is 11.6 Å². The fourth-order valence-corrected chi connectivity index (χ4v) is 5.83. The number of nitrogens with two attached hydrogens (primary N) is 1. The Bertz CT molecular complexity index is 1620. The molecule has 9 nitrogen and oxygen atoms in total. The number of aryl methyl sites for hydroxylation is 2. The van der Waals surface area contributed by atoms with Crippen molar-refractivity contribution in [3.8, 4) is 5.69 Å². The highest BCUT2D eigenvalue weighted by Gasteiger charge is 2.33. The Labute approximate surface area is 241 Å². The molecular formula is C27H26ClF5N6O3. The standard InChI is InChI=1S/C27H26ClF5N6O3/c1-13-35-39(27(42)38(13)26(32)33)23-10-17(18(28)11-21(23)31)25(41)37-6-4-36(5-7-37)24(40)12-22(34)15-3-2-14-8-19(29)20(30)9-16(14)15/h8-11,15,22,26H,2-7,12,34H2,1H3. The summed E-state index contributed by atoms with van der Waals surface area (Å²) in [5, 5.41) is 3.44. The minimum absolute atomic E-state index is 0.0242. The van der Waals surface area contributed by atoms with Crippen LogP contribution in [-0.2, 0) is 11.2 Å². The van der Waals surface area contributed by atoms with E-state index in [0.717, 1.165) is 25.1 Å². The van der Waals surface area contributed by atoms with E-state index in [0.29, 0.717) is 28.7 Å². The quantitative estimate of drug-likeness (QED) is 0.429. The Hall–Kier alpha value is -3.78. The molecule has 1 aliphatic heterocycles. The first-order chi connectivity index (χ1) is 19.9. The average molecular weight is 613 g/mol. The van der Waals surface area contributed by atoms with E-state index in [2.05, 4.69) is 5.10 Å². The highest BCUT2D eigenvalue weighted by molar-refractivity contribution is 6.34. The molecule has 1 aromatic heterocycles. The van der Waals surface area contributed by atoms with Crippen molar-refractivity contribution in [2.45, 2.75) is 44.7 Å². The van der Waals surface area contributed by atoms with E-state index in [4.69, 9.17) is 17.3 Å². The number of hydrogen-bond donors (Lipinski definition) is 1. The van der Waals surface area contributed by atoms with Crippen LogP contribution in [0.3, 0.4) is 0 Å². The molecule has 0 bridgehead atoms. The summed E-state index contributed by atoms with van der Waals surface area (Å²) in [5.41, 5.74) is 5.64. The zero-order chi connectivity index (χ0) is 30.5. The van der Waals surface area contributed by atoms with Crippen molar-refractivity contribution in [2.24, 2.45) is 5.73 Å². The number of amides is 2. The van der Waals surface area contributed by atoms with Gasteiger partial charge in [-0.25, -0.2) is 22.5 Å².